The number of carbonyl (C=O) groups excluding carboxylic acids is 1. The molecule has 7 nitrogen and oxygen atoms in total. The van der Waals surface area contributed by atoms with Crippen LogP contribution in [0.2, 0.25) is 0 Å². The minimum Gasteiger partial charge on any atom is -0.503 e. The predicted octanol–water partition coefficient (Wildman–Crippen LogP) is 0.573. The van der Waals surface area contributed by atoms with Crippen LogP contribution in [0.1, 0.15) is 43.1 Å². The number of aromatic hydroxyl groups is 2. The number of carbonyl (C=O) groups is 1. The van der Waals surface area contributed by atoms with E-state index in [1.165, 1.54) is 10.9 Å². The molecule has 1 spiro atoms. The average molecular weight is 293 g/mol. The summed E-state index contributed by atoms with van der Waals surface area (Å²) in [6, 6.07) is 0. The molecule has 0 aromatic carbocycles. The first kappa shape index (κ1) is 13.8. The third-order valence-electron chi connectivity index (χ3n) is 4.74. The van der Waals surface area contributed by atoms with E-state index in [9.17, 15) is 19.8 Å². The Bertz CT molecular complexity index is 661. The quantitative estimate of drug-likeness (QED) is 0.791. The van der Waals surface area contributed by atoms with E-state index in [-0.39, 0.29) is 11.6 Å². The molecule has 21 heavy (non-hydrogen) atoms. The summed E-state index contributed by atoms with van der Waals surface area (Å²) in [5.74, 6) is -1.63. The smallest absolute Gasteiger partial charge is 0.278 e. The maximum absolute atomic E-state index is 12.7. The Kier molecular flexibility index (Phi) is 2.89. The molecule has 0 atom stereocenters. The second kappa shape index (κ2) is 4.41. The van der Waals surface area contributed by atoms with E-state index >= 15 is 0 Å². The highest BCUT2D eigenvalue weighted by atomic mass is 16.3. The fourth-order valence-corrected chi connectivity index (χ4v) is 3.68. The van der Waals surface area contributed by atoms with Gasteiger partial charge in [0.15, 0.2) is 17.2 Å². The zero-order chi connectivity index (χ0) is 15.4. The summed E-state index contributed by atoms with van der Waals surface area (Å²) >= 11 is 0. The molecule has 2 aliphatic rings. The lowest BCUT2D eigenvalue weighted by atomic mass is 10.0. The molecular weight excluding hydrogens is 274 g/mol. The lowest BCUT2D eigenvalue weighted by molar-refractivity contribution is 0.0320. The van der Waals surface area contributed by atoms with Crippen LogP contribution in [0.4, 0.5) is 0 Å². The molecule has 2 heterocycles. The van der Waals surface area contributed by atoms with Gasteiger partial charge in [-0.05, 0) is 32.6 Å². The van der Waals surface area contributed by atoms with Crippen molar-refractivity contribution in [2.45, 2.75) is 38.3 Å². The molecule has 1 aromatic heterocycles. The first-order valence-electron chi connectivity index (χ1n) is 7.17. The minimum absolute atomic E-state index is 0.0836. The molecule has 1 aliphatic heterocycles. The Morgan fingerprint density at radius 1 is 1.24 bits per heavy atom. The average Bonchev–Trinajstić information content (AvgIpc) is 2.93. The molecule has 1 saturated carbocycles. The Morgan fingerprint density at radius 2 is 1.86 bits per heavy atom. The zero-order valence-electron chi connectivity index (χ0n) is 12.2. The van der Waals surface area contributed by atoms with Crippen molar-refractivity contribution in [3.8, 4) is 11.5 Å². The first-order chi connectivity index (χ1) is 9.94. The molecule has 1 fully saturated rings. The van der Waals surface area contributed by atoms with Gasteiger partial charge >= 0.3 is 0 Å². The number of hydrogen-bond donors (Lipinski definition) is 2. The Balaban J connectivity index is 2.28. The molecule has 0 bridgehead atoms. The fraction of sp³-hybridized carbons (Fsp3) is 0.571. The molecule has 1 amide bonds. The van der Waals surface area contributed by atoms with Crippen LogP contribution < -0.4 is 10.4 Å². The van der Waals surface area contributed by atoms with Gasteiger partial charge in [0.05, 0.1) is 6.20 Å². The number of hydrogen-bond acceptors (Lipinski definition) is 5. The predicted molar refractivity (Wildman–Crippen MR) is 76.1 cm³/mol. The van der Waals surface area contributed by atoms with Gasteiger partial charge in [-0.2, -0.15) is 0 Å². The summed E-state index contributed by atoms with van der Waals surface area (Å²) in [6.07, 6.45) is 4.90. The molecule has 1 aliphatic carbocycles. The Labute approximate surface area is 122 Å². The van der Waals surface area contributed by atoms with Crippen molar-refractivity contribution in [2.24, 2.45) is 0 Å². The molecule has 0 saturated heterocycles. The van der Waals surface area contributed by atoms with Gasteiger partial charge in [-0.15, -0.1) is 0 Å². The lowest BCUT2D eigenvalue weighted by Crippen LogP contribution is -2.67. The van der Waals surface area contributed by atoms with Crippen LogP contribution in [0.5, 0.6) is 11.5 Å². The van der Waals surface area contributed by atoms with E-state index in [4.69, 9.17) is 0 Å². The van der Waals surface area contributed by atoms with Crippen molar-refractivity contribution in [3.05, 3.63) is 22.1 Å². The van der Waals surface area contributed by atoms with Gasteiger partial charge in [0.25, 0.3) is 11.3 Å². The third kappa shape index (κ3) is 1.60. The van der Waals surface area contributed by atoms with Crippen molar-refractivity contribution < 1.29 is 15.0 Å². The second-order valence-corrected chi connectivity index (χ2v) is 5.65. The van der Waals surface area contributed by atoms with Gasteiger partial charge in [-0.3, -0.25) is 19.3 Å². The molecule has 3 rings (SSSR count). The van der Waals surface area contributed by atoms with E-state index < -0.39 is 22.6 Å². The van der Waals surface area contributed by atoms with E-state index in [2.05, 4.69) is 0 Å². The highest BCUT2D eigenvalue weighted by molar-refractivity contribution is 5.97. The maximum atomic E-state index is 12.7. The largest absolute Gasteiger partial charge is 0.503 e. The minimum atomic E-state index is -0.915. The third-order valence-corrected chi connectivity index (χ3v) is 4.74. The molecule has 0 unspecified atom stereocenters. The first-order valence-corrected chi connectivity index (χ1v) is 7.17. The van der Waals surface area contributed by atoms with Gasteiger partial charge in [-0.1, -0.05) is 0 Å². The van der Waals surface area contributed by atoms with Crippen molar-refractivity contribution in [1.29, 1.82) is 0 Å². The van der Waals surface area contributed by atoms with Crippen LogP contribution >= 0.6 is 0 Å². The summed E-state index contributed by atoms with van der Waals surface area (Å²) < 4.78 is 1.41. The van der Waals surface area contributed by atoms with Crippen LogP contribution in [-0.2, 0) is 0 Å². The number of nitrogens with zero attached hydrogens (tertiary/aromatic N) is 3. The van der Waals surface area contributed by atoms with Crippen LogP contribution in [-0.4, -0.2) is 45.0 Å². The summed E-state index contributed by atoms with van der Waals surface area (Å²) in [5.41, 5.74) is -1.45. The summed E-state index contributed by atoms with van der Waals surface area (Å²) in [5, 5.41) is 21.5. The molecule has 0 radical (unpaired) electrons. The SMILES string of the molecule is CCN1C(=O)c2c(O)c(=O)c(O)cn2N(C)C12CCCC2. The summed E-state index contributed by atoms with van der Waals surface area (Å²) in [4.78, 5) is 26.1. The topological polar surface area (TPSA) is 86.0 Å². The second-order valence-electron chi connectivity index (χ2n) is 5.65. The van der Waals surface area contributed by atoms with Crippen molar-refractivity contribution in [1.82, 2.24) is 9.58 Å². The monoisotopic (exact) mass is 293 g/mol. The van der Waals surface area contributed by atoms with Crippen LogP contribution in [0, 0.1) is 0 Å². The number of amides is 1. The summed E-state index contributed by atoms with van der Waals surface area (Å²) in [6.45, 7) is 2.38. The van der Waals surface area contributed by atoms with E-state index in [1.807, 2.05) is 19.0 Å². The van der Waals surface area contributed by atoms with Crippen LogP contribution in [0.3, 0.4) is 0 Å². The van der Waals surface area contributed by atoms with Crippen molar-refractivity contribution in [2.75, 3.05) is 18.6 Å². The van der Waals surface area contributed by atoms with E-state index in [0.29, 0.717) is 6.54 Å². The Hall–Kier alpha value is -2.18. The molecular formula is C14H19N3O4. The number of fused-ring (bicyclic) bond motifs is 1. The molecule has 114 valence electrons. The van der Waals surface area contributed by atoms with Gasteiger partial charge in [0.1, 0.15) is 5.66 Å². The molecule has 1 aromatic rings. The maximum Gasteiger partial charge on any atom is 0.278 e. The highest BCUT2D eigenvalue weighted by Crippen LogP contribution is 2.41. The van der Waals surface area contributed by atoms with Gasteiger partial charge in [0, 0.05) is 13.6 Å². The van der Waals surface area contributed by atoms with E-state index in [1.54, 1.807) is 4.90 Å². The molecule has 2 N–H and O–H groups in total. The number of aromatic nitrogens is 1. The number of pyridine rings is 1. The van der Waals surface area contributed by atoms with Crippen molar-refractivity contribution >= 4 is 5.91 Å². The molecule has 7 heteroatoms. The van der Waals surface area contributed by atoms with Gasteiger partial charge in [0.2, 0.25) is 0 Å². The van der Waals surface area contributed by atoms with Crippen LogP contribution in [0.15, 0.2) is 11.0 Å². The van der Waals surface area contributed by atoms with Crippen LogP contribution in [0.25, 0.3) is 0 Å². The fourth-order valence-electron chi connectivity index (χ4n) is 3.68. The standard InChI is InChI=1S/C14H19N3O4/c1-3-16-13(21)10-12(20)11(19)9(18)8-17(10)15(2)14(16)6-4-5-7-14/h8,18,20H,3-7H2,1-2H3. The Morgan fingerprint density at radius 3 is 2.43 bits per heavy atom. The number of rotatable bonds is 1. The normalized spacial score (nSPS) is 20.2. The zero-order valence-corrected chi connectivity index (χ0v) is 12.2. The lowest BCUT2D eigenvalue weighted by Gasteiger charge is -2.52. The van der Waals surface area contributed by atoms with Gasteiger partial charge < -0.3 is 15.1 Å². The highest BCUT2D eigenvalue weighted by Gasteiger charge is 2.50. The van der Waals surface area contributed by atoms with E-state index in [0.717, 1.165) is 25.7 Å². The van der Waals surface area contributed by atoms with Gasteiger partial charge in [-0.25, -0.2) is 0 Å². The summed E-state index contributed by atoms with van der Waals surface area (Å²) in [7, 11) is 1.81. The van der Waals surface area contributed by atoms with Crippen molar-refractivity contribution in [3.63, 3.8) is 0 Å².